The summed E-state index contributed by atoms with van der Waals surface area (Å²) in [7, 11) is 0. The van der Waals surface area contributed by atoms with Gasteiger partial charge in [-0.3, -0.25) is 0 Å². The molecule has 2 unspecified atom stereocenters. The summed E-state index contributed by atoms with van der Waals surface area (Å²) in [5.41, 5.74) is 0. The van der Waals surface area contributed by atoms with Crippen molar-refractivity contribution in [2.45, 2.75) is 45.9 Å². The standard InChI is InChI=1S/C12H28N2S/c1-6-13-11(4)12(5)15-10-9-14(7-2)8-3/h11-13H,6-10H2,1-5H3. The summed E-state index contributed by atoms with van der Waals surface area (Å²) in [4.78, 5) is 2.48. The van der Waals surface area contributed by atoms with Gasteiger partial charge in [-0.05, 0) is 26.6 Å². The van der Waals surface area contributed by atoms with Crippen LogP contribution in [-0.4, -0.2) is 48.1 Å². The highest BCUT2D eigenvalue weighted by molar-refractivity contribution is 7.99. The normalized spacial score (nSPS) is 15.6. The van der Waals surface area contributed by atoms with E-state index >= 15 is 0 Å². The molecule has 0 aromatic rings. The van der Waals surface area contributed by atoms with Gasteiger partial charge < -0.3 is 10.2 Å². The molecule has 0 aliphatic carbocycles. The smallest absolute Gasteiger partial charge is 0.0170 e. The van der Waals surface area contributed by atoms with Crippen LogP contribution in [0.25, 0.3) is 0 Å². The Balaban J connectivity index is 3.57. The molecule has 0 saturated carbocycles. The van der Waals surface area contributed by atoms with Crippen molar-refractivity contribution in [2.24, 2.45) is 0 Å². The lowest BCUT2D eigenvalue weighted by Crippen LogP contribution is -2.34. The molecule has 3 heteroatoms. The highest BCUT2D eigenvalue weighted by atomic mass is 32.2. The first kappa shape index (κ1) is 15.3. The molecular formula is C12H28N2S. The predicted octanol–water partition coefficient (Wildman–Crippen LogP) is 2.45. The average molecular weight is 232 g/mol. The van der Waals surface area contributed by atoms with Gasteiger partial charge in [-0.1, -0.05) is 27.7 Å². The Morgan fingerprint density at radius 3 is 2.20 bits per heavy atom. The molecule has 0 aromatic carbocycles. The van der Waals surface area contributed by atoms with E-state index in [2.05, 4.69) is 56.6 Å². The Kier molecular flexibility index (Phi) is 9.66. The third kappa shape index (κ3) is 7.20. The quantitative estimate of drug-likeness (QED) is 0.657. The molecule has 0 aliphatic rings. The molecule has 92 valence electrons. The molecule has 0 bridgehead atoms. The fourth-order valence-electron chi connectivity index (χ4n) is 1.54. The average Bonchev–Trinajstić information content (AvgIpc) is 2.24. The molecule has 0 aliphatic heterocycles. The van der Waals surface area contributed by atoms with Gasteiger partial charge in [0, 0.05) is 23.6 Å². The molecule has 0 saturated heterocycles. The van der Waals surface area contributed by atoms with Crippen molar-refractivity contribution < 1.29 is 0 Å². The molecule has 2 atom stereocenters. The molecule has 0 amide bonds. The van der Waals surface area contributed by atoms with E-state index in [1.807, 2.05) is 0 Å². The molecule has 15 heavy (non-hydrogen) atoms. The number of hydrogen-bond donors (Lipinski definition) is 1. The second-order valence-electron chi connectivity index (χ2n) is 3.95. The van der Waals surface area contributed by atoms with E-state index in [1.54, 1.807) is 0 Å². The van der Waals surface area contributed by atoms with Crippen LogP contribution < -0.4 is 5.32 Å². The van der Waals surface area contributed by atoms with E-state index in [0.717, 1.165) is 6.54 Å². The Bertz CT molecular complexity index is 138. The second kappa shape index (κ2) is 9.49. The van der Waals surface area contributed by atoms with E-state index in [-0.39, 0.29) is 0 Å². The Morgan fingerprint density at radius 1 is 1.13 bits per heavy atom. The van der Waals surface area contributed by atoms with E-state index in [0.29, 0.717) is 11.3 Å². The second-order valence-corrected chi connectivity index (χ2v) is 5.43. The lowest BCUT2D eigenvalue weighted by atomic mass is 10.2. The Hall–Kier alpha value is 0.270. The highest BCUT2D eigenvalue weighted by Crippen LogP contribution is 2.14. The van der Waals surface area contributed by atoms with Gasteiger partial charge in [0.25, 0.3) is 0 Å². The zero-order valence-electron chi connectivity index (χ0n) is 11.0. The van der Waals surface area contributed by atoms with Gasteiger partial charge in [-0.15, -0.1) is 0 Å². The fourth-order valence-corrected chi connectivity index (χ4v) is 2.66. The van der Waals surface area contributed by atoms with Gasteiger partial charge >= 0.3 is 0 Å². The Morgan fingerprint density at radius 2 is 1.73 bits per heavy atom. The summed E-state index contributed by atoms with van der Waals surface area (Å²) < 4.78 is 0. The van der Waals surface area contributed by atoms with Crippen molar-refractivity contribution >= 4 is 11.8 Å². The lowest BCUT2D eigenvalue weighted by Gasteiger charge is -2.22. The first-order chi connectivity index (χ1) is 7.15. The van der Waals surface area contributed by atoms with Crippen molar-refractivity contribution in [2.75, 3.05) is 31.9 Å². The monoisotopic (exact) mass is 232 g/mol. The van der Waals surface area contributed by atoms with E-state index in [9.17, 15) is 0 Å². The largest absolute Gasteiger partial charge is 0.313 e. The minimum atomic E-state index is 0.622. The van der Waals surface area contributed by atoms with Crippen LogP contribution >= 0.6 is 11.8 Å². The van der Waals surface area contributed by atoms with E-state index in [4.69, 9.17) is 0 Å². The highest BCUT2D eigenvalue weighted by Gasteiger charge is 2.11. The molecule has 0 heterocycles. The van der Waals surface area contributed by atoms with Crippen molar-refractivity contribution in [1.29, 1.82) is 0 Å². The molecular weight excluding hydrogens is 204 g/mol. The minimum Gasteiger partial charge on any atom is -0.313 e. The van der Waals surface area contributed by atoms with Crippen LogP contribution in [0.2, 0.25) is 0 Å². The van der Waals surface area contributed by atoms with Crippen LogP contribution in [0, 0.1) is 0 Å². The van der Waals surface area contributed by atoms with Crippen LogP contribution in [0.5, 0.6) is 0 Å². The number of rotatable bonds is 9. The van der Waals surface area contributed by atoms with Crippen LogP contribution in [0.4, 0.5) is 0 Å². The summed E-state index contributed by atoms with van der Waals surface area (Å²) in [6, 6.07) is 0.622. The minimum absolute atomic E-state index is 0.622. The number of thioether (sulfide) groups is 1. The van der Waals surface area contributed by atoms with Crippen molar-refractivity contribution in [3.63, 3.8) is 0 Å². The third-order valence-electron chi connectivity index (χ3n) is 2.91. The van der Waals surface area contributed by atoms with E-state index < -0.39 is 0 Å². The summed E-state index contributed by atoms with van der Waals surface area (Å²) in [5, 5.41) is 4.19. The summed E-state index contributed by atoms with van der Waals surface area (Å²) in [5.74, 6) is 1.25. The maximum Gasteiger partial charge on any atom is 0.0170 e. The number of hydrogen-bond acceptors (Lipinski definition) is 3. The van der Waals surface area contributed by atoms with Crippen molar-refractivity contribution in [3.05, 3.63) is 0 Å². The zero-order valence-corrected chi connectivity index (χ0v) is 11.9. The molecule has 2 nitrogen and oxygen atoms in total. The first-order valence-corrected chi connectivity index (χ1v) is 7.27. The van der Waals surface area contributed by atoms with Gasteiger partial charge in [0.05, 0.1) is 0 Å². The number of nitrogens with one attached hydrogen (secondary N) is 1. The van der Waals surface area contributed by atoms with Crippen LogP contribution in [0.15, 0.2) is 0 Å². The maximum atomic E-state index is 3.48. The van der Waals surface area contributed by atoms with Crippen molar-refractivity contribution in [1.82, 2.24) is 10.2 Å². The van der Waals surface area contributed by atoms with Gasteiger partial charge in [-0.25, -0.2) is 0 Å². The lowest BCUT2D eigenvalue weighted by molar-refractivity contribution is 0.323. The van der Waals surface area contributed by atoms with Crippen molar-refractivity contribution in [3.8, 4) is 0 Å². The summed E-state index contributed by atoms with van der Waals surface area (Å²) >= 11 is 2.08. The predicted molar refractivity (Wildman–Crippen MR) is 72.8 cm³/mol. The topological polar surface area (TPSA) is 15.3 Å². The molecule has 1 N–H and O–H groups in total. The number of nitrogens with zero attached hydrogens (tertiary/aromatic N) is 1. The summed E-state index contributed by atoms with van der Waals surface area (Å²) in [6.45, 7) is 15.9. The van der Waals surface area contributed by atoms with Crippen LogP contribution in [0.3, 0.4) is 0 Å². The first-order valence-electron chi connectivity index (χ1n) is 6.22. The van der Waals surface area contributed by atoms with Gasteiger partial charge in [0.15, 0.2) is 0 Å². The van der Waals surface area contributed by atoms with Crippen LogP contribution in [-0.2, 0) is 0 Å². The molecule has 0 aromatic heterocycles. The van der Waals surface area contributed by atoms with Gasteiger partial charge in [0.1, 0.15) is 0 Å². The molecule has 0 rings (SSSR count). The van der Waals surface area contributed by atoms with Crippen LogP contribution in [0.1, 0.15) is 34.6 Å². The molecule has 0 fully saturated rings. The summed E-state index contributed by atoms with van der Waals surface area (Å²) in [6.07, 6.45) is 0. The third-order valence-corrected chi connectivity index (χ3v) is 4.27. The van der Waals surface area contributed by atoms with Gasteiger partial charge in [0.2, 0.25) is 0 Å². The SMILES string of the molecule is CCNC(C)C(C)SCCN(CC)CC. The van der Waals surface area contributed by atoms with Gasteiger partial charge in [-0.2, -0.15) is 11.8 Å². The Labute approximate surface area is 100 Å². The maximum absolute atomic E-state index is 3.48. The fraction of sp³-hybridized carbons (Fsp3) is 1.00. The zero-order chi connectivity index (χ0) is 11.7. The molecule has 0 spiro atoms. The van der Waals surface area contributed by atoms with E-state index in [1.165, 1.54) is 25.4 Å². The molecule has 0 radical (unpaired) electrons.